The van der Waals surface area contributed by atoms with Gasteiger partial charge in [-0.05, 0) is 47.6 Å². The number of H-pyrrole nitrogens is 1. The summed E-state index contributed by atoms with van der Waals surface area (Å²) in [6, 6.07) is 20.6. The van der Waals surface area contributed by atoms with Crippen LogP contribution in [0, 0.1) is 6.92 Å². The zero-order valence-corrected chi connectivity index (χ0v) is 20.4. The second kappa shape index (κ2) is 9.40. The topological polar surface area (TPSA) is 49.0 Å². The first-order valence-electron chi connectivity index (χ1n) is 11.3. The molecule has 4 aromatic rings. The van der Waals surface area contributed by atoms with Crippen molar-refractivity contribution in [1.82, 2.24) is 15.1 Å². The molecule has 1 N–H and O–H groups in total. The lowest BCUT2D eigenvalue weighted by molar-refractivity contribution is 0.0747. The number of carbonyl (C=O) groups is 1. The monoisotopic (exact) mass is 459 g/mol. The summed E-state index contributed by atoms with van der Waals surface area (Å²) >= 11 is 6.33. The molecule has 0 saturated heterocycles. The van der Waals surface area contributed by atoms with Gasteiger partial charge in [0.1, 0.15) is 0 Å². The van der Waals surface area contributed by atoms with Crippen LogP contribution in [0.2, 0.25) is 5.02 Å². The van der Waals surface area contributed by atoms with E-state index in [1.165, 1.54) is 16.7 Å². The summed E-state index contributed by atoms with van der Waals surface area (Å²) in [5.74, 6) is -0.0567. The lowest BCUT2D eigenvalue weighted by Crippen LogP contribution is -2.32. The smallest absolute Gasteiger partial charge is 0.256 e. The molecule has 1 heterocycles. The largest absolute Gasteiger partial charge is 0.334 e. The Labute approximate surface area is 200 Å². The first-order chi connectivity index (χ1) is 15.7. The second-order valence-corrected chi connectivity index (χ2v) is 10.1. The minimum absolute atomic E-state index is 0.0567. The van der Waals surface area contributed by atoms with Gasteiger partial charge in [-0.15, -0.1) is 0 Å². The SMILES string of the molecule is Cc1ccc(CCN(Cc2ccc(C(C)(C)C)cc2)C(=O)c2cc(Cl)cc3cn[nH]c23)cc1. The Bertz CT molecular complexity index is 1250. The molecular weight excluding hydrogens is 430 g/mol. The van der Waals surface area contributed by atoms with Crippen molar-refractivity contribution < 1.29 is 4.79 Å². The van der Waals surface area contributed by atoms with Gasteiger partial charge in [0.15, 0.2) is 0 Å². The molecule has 0 fully saturated rings. The molecule has 170 valence electrons. The van der Waals surface area contributed by atoms with E-state index in [1.807, 2.05) is 11.0 Å². The fraction of sp³-hybridized carbons (Fsp3) is 0.286. The average molecular weight is 460 g/mol. The Balaban J connectivity index is 1.63. The molecule has 0 spiro atoms. The number of hydrogen-bond acceptors (Lipinski definition) is 2. The molecule has 1 aromatic heterocycles. The summed E-state index contributed by atoms with van der Waals surface area (Å²) in [7, 11) is 0. The maximum atomic E-state index is 13.7. The first-order valence-corrected chi connectivity index (χ1v) is 11.7. The van der Waals surface area contributed by atoms with E-state index < -0.39 is 0 Å². The summed E-state index contributed by atoms with van der Waals surface area (Å²) in [6.07, 6.45) is 2.47. The summed E-state index contributed by atoms with van der Waals surface area (Å²) < 4.78 is 0. The number of rotatable bonds is 6. The van der Waals surface area contributed by atoms with Crippen molar-refractivity contribution in [3.05, 3.63) is 99.7 Å². The van der Waals surface area contributed by atoms with Gasteiger partial charge in [-0.1, -0.05) is 86.5 Å². The summed E-state index contributed by atoms with van der Waals surface area (Å²) in [5, 5.41) is 8.43. The molecule has 0 radical (unpaired) electrons. The minimum Gasteiger partial charge on any atom is -0.334 e. The molecule has 0 unspecified atom stereocenters. The van der Waals surface area contributed by atoms with Crippen LogP contribution in [0.25, 0.3) is 10.9 Å². The van der Waals surface area contributed by atoms with Gasteiger partial charge in [-0.25, -0.2) is 0 Å². The first kappa shape index (κ1) is 23.1. The molecule has 0 aliphatic carbocycles. The minimum atomic E-state index is -0.0567. The summed E-state index contributed by atoms with van der Waals surface area (Å²) in [4.78, 5) is 15.6. The maximum absolute atomic E-state index is 13.7. The van der Waals surface area contributed by atoms with E-state index >= 15 is 0 Å². The van der Waals surface area contributed by atoms with Crippen LogP contribution in [0.3, 0.4) is 0 Å². The van der Waals surface area contributed by atoms with Crippen molar-refractivity contribution in [3.63, 3.8) is 0 Å². The molecule has 0 aliphatic heterocycles. The average Bonchev–Trinajstić information content (AvgIpc) is 3.25. The highest BCUT2D eigenvalue weighted by atomic mass is 35.5. The summed E-state index contributed by atoms with van der Waals surface area (Å²) in [5.41, 5.74) is 6.16. The van der Waals surface area contributed by atoms with Crippen molar-refractivity contribution in [1.29, 1.82) is 0 Å². The Morgan fingerprint density at radius 1 is 1.00 bits per heavy atom. The quantitative estimate of drug-likeness (QED) is 0.348. The van der Waals surface area contributed by atoms with Gasteiger partial charge < -0.3 is 4.90 Å². The lowest BCUT2D eigenvalue weighted by atomic mass is 9.87. The third-order valence-corrected chi connectivity index (χ3v) is 6.23. The molecule has 4 nitrogen and oxygen atoms in total. The van der Waals surface area contributed by atoms with Crippen LogP contribution in [-0.2, 0) is 18.4 Å². The van der Waals surface area contributed by atoms with E-state index in [1.54, 1.807) is 12.3 Å². The molecule has 0 atom stereocenters. The van der Waals surface area contributed by atoms with Gasteiger partial charge >= 0.3 is 0 Å². The van der Waals surface area contributed by atoms with Crippen LogP contribution in [-0.4, -0.2) is 27.5 Å². The van der Waals surface area contributed by atoms with Gasteiger partial charge in [0, 0.05) is 23.5 Å². The number of amides is 1. The number of fused-ring (bicyclic) bond motifs is 1. The van der Waals surface area contributed by atoms with Crippen LogP contribution < -0.4 is 0 Å². The highest BCUT2D eigenvalue weighted by Crippen LogP contribution is 2.25. The van der Waals surface area contributed by atoms with Crippen molar-refractivity contribution in [2.24, 2.45) is 0 Å². The second-order valence-electron chi connectivity index (χ2n) is 9.70. The zero-order valence-electron chi connectivity index (χ0n) is 19.7. The Hall–Kier alpha value is -3.11. The van der Waals surface area contributed by atoms with Gasteiger partial charge in [-0.3, -0.25) is 9.89 Å². The van der Waals surface area contributed by atoms with Crippen LogP contribution >= 0.6 is 11.6 Å². The molecule has 0 saturated carbocycles. The Morgan fingerprint density at radius 3 is 2.33 bits per heavy atom. The van der Waals surface area contributed by atoms with Crippen molar-refractivity contribution in [2.75, 3.05) is 6.54 Å². The normalized spacial score (nSPS) is 11.7. The van der Waals surface area contributed by atoms with E-state index in [0.29, 0.717) is 29.2 Å². The van der Waals surface area contributed by atoms with Gasteiger partial charge in [0.2, 0.25) is 0 Å². The molecule has 33 heavy (non-hydrogen) atoms. The number of hydrogen-bond donors (Lipinski definition) is 1. The van der Waals surface area contributed by atoms with Crippen LogP contribution in [0.1, 0.15) is 53.4 Å². The number of aromatic nitrogens is 2. The van der Waals surface area contributed by atoms with Gasteiger partial charge in [0.25, 0.3) is 5.91 Å². The third-order valence-electron chi connectivity index (χ3n) is 6.02. The fourth-order valence-electron chi connectivity index (χ4n) is 3.96. The van der Waals surface area contributed by atoms with Crippen molar-refractivity contribution in [3.8, 4) is 0 Å². The number of nitrogens with one attached hydrogen (secondary N) is 1. The predicted molar refractivity (Wildman–Crippen MR) is 136 cm³/mol. The lowest BCUT2D eigenvalue weighted by Gasteiger charge is -2.24. The molecule has 1 amide bonds. The van der Waals surface area contributed by atoms with E-state index in [0.717, 1.165) is 17.4 Å². The molecule has 0 aliphatic rings. The van der Waals surface area contributed by atoms with Crippen LogP contribution in [0.15, 0.2) is 66.9 Å². The van der Waals surface area contributed by atoms with E-state index in [4.69, 9.17) is 11.6 Å². The zero-order chi connectivity index (χ0) is 23.6. The predicted octanol–water partition coefficient (Wildman–Crippen LogP) is 6.71. The standard InChI is InChI=1S/C28H30ClN3O/c1-19-5-7-20(8-6-19)13-14-32(18-21-9-11-23(12-10-21)28(2,3)4)27(33)25-16-24(29)15-22-17-30-31-26(22)25/h5-12,15-17H,13-14,18H2,1-4H3,(H,30,31). The highest BCUT2D eigenvalue weighted by molar-refractivity contribution is 6.32. The number of nitrogens with zero attached hydrogens (tertiary/aromatic N) is 2. The number of aryl methyl sites for hydroxylation is 1. The van der Waals surface area contributed by atoms with Crippen LogP contribution in [0.4, 0.5) is 0 Å². The van der Waals surface area contributed by atoms with Gasteiger partial charge in [0.05, 0.1) is 17.3 Å². The van der Waals surface area contributed by atoms with Crippen molar-refractivity contribution in [2.45, 2.75) is 46.1 Å². The van der Waals surface area contributed by atoms with Gasteiger partial charge in [-0.2, -0.15) is 5.10 Å². The molecule has 4 rings (SSSR count). The number of benzene rings is 3. The Morgan fingerprint density at radius 2 is 1.67 bits per heavy atom. The molecule has 3 aromatic carbocycles. The van der Waals surface area contributed by atoms with E-state index in [9.17, 15) is 4.79 Å². The summed E-state index contributed by atoms with van der Waals surface area (Å²) in [6.45, 7) is 9.81. The fourth-order valence-corrected chi connectivity index (χ4v) is 4.19. The van der Waals surface area contributed by atoms with E-state index in [2.05, 4.69) is 86.4 Å². The van der Waals surface area contributed by atoms with E-state index in [-0.39, 0.29) is 11.3 Å². The van der Waals surface area contributed by atoms with Crippen LogP contribution in [0.5, 0.6) is 0 Å². The number of halogens is 1. The molecule has 5 heteroatoms. The number of aromatic amines is 1. The number of carbonyl (C=O) groups excluding carboxylic acids is 1. The Kier molecular flexibility index (Phi) is 6.57. The third kappa shape index (κ3) is 5.45. The molecule has 0 bridgehead atoms. The van der Waals surface area contributed by atoms with Crippen molar-refractivity contribution >= 4 is 28.4 Å². The maximum Gasteiger partial charge on any atom is 0.256 e. The highest BCUT2D eigenvalue weighted by Gasteiger charge is 2.21. The molecular formula is C28H30ClN3O.